The number of hydrogen-bond donors (Lipinski definition) is 1. The van der Waals surface area contributed by atoms with Crippen LogP contribution in [0.1, 0.15) is 5.56 Å². The maximum atomic E-state index is 8.44. The highest BCUT2D eigenvalue weighted by molar-refractivity contribution is 7.59. The van der Waals surface area contributed by atoms with Crippen LogP contribution >= 0.6 is 0 Å². The summed E-state index contributed by atoms with van der Waals surface area (Å²) in [5.74, 6) is 0. The first-order valence-electron chi connectivity index (χ1n) is 7.50. The van der Waals surface area contributed by atoms with Crippen LogP contribution in [-0.2, 0) is 21.2 Å². The Morgan fingerprint density at radius 2 is 1.11 bits per heavy atom. The van der Waals surface area contributed by atoms with E-state index in [1.165, 1.54) is 0 Å². The number of rotatable bonds is 2. The molecule has 3 aromatic rings. The summed E-state index contributed by atoms with van der Waals surface area (Å²) in [4.78, 5) is 0. The fourth-order valence-corrected chi connectivity index (χ4v) is 2.18. The van der Waals surface area contributed by atoms with Crippen molar-refractivity contribution in [1.29, 1.82) is 0 Å². The Kier molecular flexibility index (Phi) is 9.13. The molecule has 0 unspecified atom stereocenters. The van der Waals surface area contributed by atoms with Gasteiger partial charge in [0.1, 0.15) is 0 Å². The molecule has 28 heavy (non-hydrogen) atoms. The molecule has 0 aliphatic rings. The monoisotopic (exact) mass is 421 g/mol. The summed E-state index contributed by atoms with van der Waals surface area (Å²) in [6.07, 6.45) is 0. The van der Waals surface area contributed by atoms with Crippen molar-refractivity contribution in [3.63, 3.8) is 0 Å². The fourth-order valence-electron chi connectivity index (χ4n) is 2.18. The quantitative estimate of drug-likeness (QED) is 0.492. The number of hydrogen-bond acceptors (Lipinski definition) is 9. The van der Waals surface area contributed by atoms with Crippen LogP contribution in [0.5, 0.6) is 0 Å². The number of nitrogens with two attached hydrogens (primary N) is 1. The van der Waals surface area contributed by atoms with E-state index in [4.69, 9.17) is 31.0 Å². The number of anilines is 1. The van der Waals surface area contributed by atoms with Crippen LogP contribution in [0.25, 0.3) is 10.8 Å². The largest absolute Gasteiger partial charge is 0.425 e. The molecule has 0 fully saturated rings. The van der Waals surface area contributed by atoms with Crippen molar-refractivity contribution in [2.45, 2.75) is 6.92 Å². The topological polar surface area (TPSA) is 153 Å². The predicted octanol–water partition coefficient (Wildman–Crippen LogP) is 3.14. The summed E-state index contributed by atoms with van der Waals surface area (Å²) >= 11 is 0. The molecule has 9 nitrogen and oxygen atoms in total. The van der Waals surface area contributed by atoms with Gasteiger partial charge in [-0.2, -0.15) is 5.11 Å². The summed E-state index contributed by atoms with van der Waals surface area (Å²) in [5, 5.41) is 10.7. The second kappa shape index (κ2) is 11.3. The van der Waals surface area contributed by atoms with Crippen LogP contribution in [0.3, 0.4) is 0 Å². The number of nitrogens with zero attached hydrogens (tertiary/aromatic N) is 2. The Morgan fingerprint density at radius 1 is 0.643 bits per heavy atom. The average Bonchev–Trinajstić information content (AvgIpc) is 2.62. The van der Waals surface area contributed by atoms with Gasteiger partial charge in [0.15, 0.2) is 0 Å². The number of benzene rings is 3. The van der Waals surface area contributed by atoms with E-state index < -0.39 is 21.2 Å². The highest BCUT2D eigenvalue weighted by atomic mass is 32.2. The van der Waals surface area contributed by atoms with Crippen molar-refractivity contribution in [1.82, 2.24) is 0 Å². The van der Waals surface area contributed by atoms with Gasteiger partial charge in [-0.3, -0.25) is 0 Å². The van der Waals surface area contributed by atoms with Gasteiger partial charge < -0.3 is 5.73 Å². The minimum absolute atomic E-state index is 0.760. The lowest BCUT2D eigenvalue weighted by Gasteiger charge is -2.04. The van der Waals surface area contributed by atoms with E-state index in [0.717, 1.165) is 33.4 Å². The summed E-state index contributed by atoms with van der Waals surface area (Å²) in [7, 11) is -6.22. The number of azo groups is 1. The second-order valence-electron chi connectivity index (χ2n) is 5.11. The van der Waals surface area contributed by atoms with Gasteiger partial charge in [0.25, 0.3) is 0 Å². The summed E-state index contributed by atoms with van der Waals surface area (Å²) in [6.45, 7) is 2.02. The molecule has 0 aliphatic carbocycles. The van der Waals surface area contributed by atoms with E-state index >= 15 is 0 Å². The third-order valence-electron chi connectivity index (χ3n) is 3.32. The summed E-state index contributed by atoms with van der Waals surface area (Å²) < 4.78 is 50.7. The molecule has 0 atom stereocenters. The minimum atomic E-state index is -3.11. The normalized spacial score (nSPS) is 9.75. The van der Waals surface area contributed by atoms with Gasteiger partial charge in [0.05, 0.1) is 11.4 Å². The van der Waals surface area contributed by atoms with Gasteiger partial charge in [-0.15, -0.1) is 30.4 Å². The SMILES string of the molecule is Cc1ccccc1N=Nc1ccc(N)c2ccccc12.O=S(=O)=O.O=S(=O)=O. The zero-order valence-electron chi connectivity index (χ0n) is 14.5. The van der Waals surface area contributed by atoms with E-state index in [0.29, 0.717) is 0 Å². The highest BCUT2D eigenvalue weighted by Gasteiger charge is 2.03. The van der Waals surface area contributed by atoms with Crippen molar-refractivity contribution in [2.24, 2.45) is 10.2 Å². The minimum Gasteiger partial charge on any atom is -0.398 e. The van der Waals surface area contributed by atoms with Crippen LogP contribution in [0, 0.1) is 6.92 Å². The van der Waals surface area contributed by atoms with E-state index in [-0.39, 0.29) is 0 Å². The van der Waals surface area contributed by atoms with Crippen LogP contribution < -0.4 is 5.73 Å². The maximum absolute atomic E-state index is 8.44. The molecule has 0 spiro atoms. The van der Waals surface area contributed by atoms with Gasteiger partial charge in [-0.25, -0.2) is 0 Å². The van der Waals surface area contributed by atoms with Crippen molar-refractivity contribution in [3.05, 3.63) is 66.2 Å². The van der Waals surface area contributed by atoms with Gasteiger partial charge in [0.2, 0.25) is 0 Å². The lowest BCUT2D eigenvalue weighted by Crippen LogP contribution is -1.86. The lowest BCUT2D eigenvalue weighted by atomic mass is 10.1. The third kappa shape index (κ3) is 7.85. The van der Waals surface area contributed by atoms with E-state index in [1.807, 2.05) is 67.6 Å². The van der Waals surface area contributed by atoms with Crippen LogP contribution in [0.4, 0.5) is 17.1 Å². The molecular weight excluding hydrogens is 406 g/mol. The Morgan fingerprint density at radius 3 is 1.68 bits per heavy atom. The van der Waals surface area contributed by atoms with Gasteiger partial charge >= 0.3 is 21.2 Å². The fraction of sp³-hybridized carbons (Fsp3) is 0.0588. The predicted molar refractivity (Wildman–Crippen MR) is 103 cm³/mol. The van der Waals surface area contributed by atoms with Crippen LogP contribution in [0.15, 0.2) is 70.9 Å². The number of nitrogen functional groups attached to an aromatic ring is 1. The standard InChI is InChI=1S/C17H15N3.2O3S/c1-12-6-2-5-9-16(12)19-20-17-11-10-15(18)13-7-3-4-8-14(13)17;2*1-4(2)3/h2-11H,18H2,1H3;;. The van der Waals surface area contributed by atoms with Crippen molar-refractivity contribution in [2.75, 3.05) is 5.73 Å². The Labute approximate surface area is 163 Å². The molecule has 0 aliphatic heterocycles. The van der Waals surface area contributed by atoms with Crippen molar-refractivity contribution in [3.8, 4) is 0 Å². The van der Waals surface area contributed by atoms with Gasteiger partial charge in [-0.05, 0) is 30.7 Å². The first kappa shape index (κ1) is 22.6. The van der Waals surface area contributed by atoms with Crippen molar-refractivity contribution >= 4 is 49.1 Å². The van der Waals surface area contributed by atoms with Crippen LogP contribution in [-0.4, -0.2) is 25.3 Å². The van der Waals surface area contributed by atoms with E-state index in [9.17, 15) is 0 Å². The molecule has 146 valence electrons. The van der Waals surface area contributed by atoms with E-state index in [2.05, 4.69) is 10.2 Å². The van der Waals surface area contributed by atoms with Gasteiger partial charge in [-0.1, -0.05) is 42.5 Å². The van der Waals surface area contributed by atoms with Crippen LogP contribution in [0.2, 0.25) is 0 Å². The Hall–Kier alpha value is -3.44. The summed E-state index contributed by atoms with van der Waals surface area (Å²) in [6, 6.07) is 19.7. The Bertz CT molecular complexity index is 1170. The molecule has 0 radical (unpaired) electrons. The Balaban J connectivity index is 0.000000420. The molecule has 0 saturated heterocycles. The molecule has 0 bridgehead atoms. The molecule has 3 aromatic carbocycles. The average molecular weight is 421 g/mol. The molecule has 0 heterocycles. The second-order valence-corrected chi connectivity index (χ2v) is 5.93. The highest BCUT2D eigenvalue weighted by Crippen LogP contribution is 2.31. The molecule has 0 amide bonds. The maximum Gasteiger partial charge on any atom is 0.425 e. The first-order valence-corrected chi connectivity index (χ1v) is 9.50. The molecule has 0 saturated carbocycles. The first-order chi connectivity index (χ1) is 13.2. The smallest absolute Gasteiger partial charge is 0.398 e. The molecular formula is C17H15N3O6S2. The number of aryl methyl sites for hydroxylation is 1. The zero-order valence-corrected chi connectivity index (χ0v) is 16.1. The molecule has 0 aromatic heterocycles. The van der Waals surface area contributed by atoms with E-state index in [1.54, 1.807) is 0 Å². The molecule has 11 heteroatoms. The lowest BCUT2D eigenvalue weighted by molar-refractivity contribution is 0.557. The van der Waals surface area contributed by atoms with Gasteiger partial charge in [0, 0.05) is 16.5 Å². The number of fused-ring (bicyclic) bond motifs is 1. The summed E-state index contributed by atoms with van der Waals surface area (Å²) in [5.41, 5.74) is 9.57. The molecule has 3 rings (SSSR count). The third-order valence-corrected chi connectivity index (χ3v) is 3.32. The zero-order chi connectivity index (χ0) is 21.1. The molecule has 2 N–H and O–H groups in total. The van der Waals surface area contributed by atoms with Crippen molar-refractivity contribution < 1.29 is 25.3 Å².